The number of esters is 1. The monoisotopic (exact) mass is 619 g/mol. The van der Waals surface area contributed by atoms with Crippen LogP contribution in [0.15, 0.2) is 65.0 Å². The molecule has 1 saturated carbocycles. The third kappa shape index (κ3) is 6.93. The van der Waals surface area contributed by atoms with Gasteiger partial charge in [0, 0.05) is 24.5 Å². The second-order valence-electron chi connectivity index (χ2n) is 11.6. The number of amides is 1. The van der Waals surface area contributed by atoms with Crippen molar-refractivity contribution in [3.8, 4) is 5.75 Å². The molecule has 0 radical (unpaired) electrons. The van der Waals surface area contributed by atoms with Crippen LogP contribution in [0.3, 0.4) is 0 Å². The van der Waals surface area contributed by atoms with E-state index in [-0.39, 0.29) is 30.4 Å². The van der Waals surface area contributed by atoms with Crippen molar-refractivity contribution < 1.29 is 23.5 Å². The van der Waals surface area contributed by atoms with E-state index in [1.165, 1.54) is 17.8 Å². The maximum atomic E-state index is 14.3. The Morgan fingerprint density at radius 1 is 1.00 bits per heavy atom. The molecule has 9 nitrogen and oxygen atoms in total. The summed E-state index contributed by atoms with van der Waals surface area (Å²) in [4.78, 5) is 32.9. The molecule has 1 unspecified atom stereocenters. The maximum absolute atomic E-state index is 14.3. The van der Waals surface area contributed by atoms with Crippen molar-refractivity contribution in [2.45, 2.75) is 81.3 Å². The zero-order chi connectivity index (χ0) is 30.5. The van der Waals surface area contributed by atoms with Crippen molar-refractivity contribution in [1.29, 1.82) is 0 Å². The average Bonchev–Trinajstić information content (AvgIpc) is 3.46. The number of allylic oxidation sites excluding steroid dienone is 1. The zero-order valence-electron chi connectivity index (χ0n) is 25.0. The molecule has 3 heterocycles. The highest BCUT2D eigenvalue weighted by Gasteiger charge is 2.36. The first-order chi connectivity index (χ1) is 21.5. The minimum Gasteiger partial charge on any atom is -0.484 e. The molecule has 2 fully saturated rings. The Kier molecular flexibility index (Phi) is 9.49. The summed E-state index contributed by atoms with van der Waals surface area (Å²) >= 11 is 1.33. The number of likely N-dealkylation sites (tertiary alicyclic amines) is 1. The summed E-state index contributed by atoms with van der Waals surface area (Å²) in [5, 5.41) is 8.47. The van der Waals surface area contributed by atoms with E-state index in [1.54, 1.807) is 22.9 Å². The minimum atomic E-state index is -0.596. The number of halogens is 1. The van der Waals surface area contributed by atoms with Gasteiger partial charge >= 0.3 is 5.97 Å². The molecule has 2 aromatic carbocycles. The molecule has 1 aliphatic carbocycles. The molecule has 0 bridgehead atoms. The minimum absolute atomic E-state index is 0.00824. The van der Waals surface area contributed by atoms with E-state index in [0.29, 0.717) is 39.4 Å². The first kappa shape index (κ1) is 30.2. The highest BCUT2D eigenvalue weighted by molar-refractivity contribution is 7.98. The van der Waals surface area contributed by atoms with Gasteiger partial charge in [-0.3, -0.25) is 4.79 Å². The van der Waals surface area contributed by atoms with Crippen molar-refractivity contribution in [3.05, 3.63) is 76.7 Å². The lowest BCUT2D eigenvalue weighted by molar-refractivity contribution is -0.146. The topological polar surface area (TPSA) is 98.6 Å². The molecule has 2 aliphatic heterocycles. The Hall–Kier alpha value is -3.86. The normalized spacial score (nSPS) is 18.9. The van der Waals surface area contributed by atoms with Crippen LogP contribution in [0.2, 0.25) is 0 Å². The summed E-state index contributed by atoms with van der Waals surface area (Å²) in [6.07, 6.45) is 8.11. The molecule has 1 amide bonds. The summed E-state index contributed by atoms with van der Waals surface area (Å²) in [5.74, 6) is 0.772. The van der Waals surface area contributed by atoms with Crippen LogP contribution < -0.4 is 10.1 Å². The molecule has 6 rings (SSSR count). The van der Waals surface area contributed by atoms with E-state index in [4.69, 9.17) is 14.6 Å². The smallest absolute Gasteiger partial charge is 0.338 e. The molecule has 0 spiro atoms. The Morgan fingerprint density at radius 2 is 1.73 bits per heavy atom. The van der Waals surface area contributed by atoms with Crippen LogP contribution in [0.4, 0.5) is 10.3 Å². The van der Waals surface area contributed by atoms with Gasteiger partial charge in [0.15, 0.2) is 6.61 Å². The van der Waals surface area contributed by atoms with Crippen LogP contribution in [0.25, 0.3) is 0 Å². The van der Waals surface area contributed by atoms with Gasteiger partial charge in [-0.15, -0.1) is 5.10 Å². The van der Waals surface area contributed by atoms with Crippen molar-refractivity contribution in [2.75, 3.05) is 25.0 Å². The first-order valence-corrected chi connectivity index (χ1v) is 16.5. The largest absolute Gasteiger partial charge is 0.484 e. The van der Waals surface area contributed by atoms with Crippen LogP contribution in [0.5, 0.6) is 5.75 Å². The molecule has 3 aromatic rings. The SMILES string of the molecule is CC1=C(C(=O)OC2CCCCC2)C(c2ccc(OCC(=O)N3CCCCC3)cc2)n2nc(SCc3ccccc3F)nc2N1. The number of piperidine rings is 1. The maximum Gasteiger partial charge on any atom is 0.338 e. The number of anilines is 1. The Labute approximate surface area is 261 Å². The van der Waals surface area contributed by atoms with Crippen molar-refractivity contribution >= 4 is 29.6 Å². The molecule has 1 saturated heterocycles. The van der Waals surface area contributed by atoms with Gasteiger partial charge in [-0.1, -0.05) is 48.5 Å². The van der Waals surface area contributed by atoms with Gasteiger partial charge in [0.2, 0.25) is 11.1 Å². The summed E-state index contributed by atoms with van der Waals surface area (Å²) in [6, 6.07) is 13.4. The number of thioether (sulfide) groups is 1. The molecule has 44 heavy (non-hydrogen) atoms. The molecule has 232 valence electrons. The number of ether oxygens (including phenoxy) is 2. The number of nitrogens with zero attached hydrogens (tertiary/aromatic N) is 4. The van der Waals surface area contributed by atoms with Crippen LogP contribution >= 0.6 is 11.8 Å². The predicted octanol–water partition coefficient (Wildman–Crippen LogP) is 6.27. The third-order valence-electron chi connectivity index (χ3n) is 8.46. The van der Waals surface area contributed by atoms with Crippen LogP contribution in [0, 0.1) is 5.82 Å². The summed E-state index contributed by atoms with van der Waals surface area (Å²) in [7, 11) is 0. The lowest BCUT2D eigenvalue weighted by Gasteiger charge is -2.30. The Morgan fingerprint density at radius 3 is 2.48 bits per heavy atom. The van der Waals surface area contributed by atoms with Crippen molar-refractivity contribution in [2.24, 2.45) is 0 Å². The summed E-state index contributed by atoms with van der Waals surface area (Å²) < 4.78 is 27.8. The van der Waals surface area contributed by atoms with Gasteiger partial charge in [-0.25, -0.2) is 13.9 Å². The van der Waals surface area contributed by atoms with Crippen LogP contribution in [-0.4, -0.2) is 57.3 Å². The summed E-state index contributed by atoms with van der Waals surface area (Å²) in [5.41, 5.74) is 2.48. The lowest BCUT2D eigenvalue weighted by atomic mass is 9.95. The lowest BCUT2D eigenvalue weighted by Crippen LogP contribution is -2.38. The fraction of sp³-hybridized carbons (Fsp3) is 0.455. The van der Waals surface area contributed by atoms with Gasteiger partial charge in [-0.2, -0.15) is 4.98 Å². The molecule has 3 aliphatic rings. The second kappa shape index (κ2) is 13.8. The number of fused-ring (bicyclic) bond motifs is 1. The molecular weight excluding hydrogens is 581 g/mol. The third-order valence-corrected chi connectivity index (χ3v) is 9.35. The number of benzene rings is 2. The van der Waals surface area contributed by atoms with Gasteiger partial charge in [-0.05, 0) is 81.2 Å². The fourth-order valence-corrected chi connectivity index (χ4v) is 6.86. The number of carbonyl (C=O) groups is 2. The average molecular weight is 620 g/mol. The molecular formula is C33H38FN5O4S. The number of hydrogen-bond donors (Lipinski definition) is 1. The Balaban J connectivity index is 1.24. The molecule has 1 N–H and O–H groups in total. The van der Waals surface area contributed by atoms with E-state index >= 15 is 0 Å². The highest BCUT2D eigenvalue weighted by atomic mass is 32.2. The van der Waals surface area contributed by atoms with Crippen LogP contribution in [-0.2, 0) is 20.1 Å². The number of nitrogens with one attached hydrogen (secondary N) is 1. The number of aromatic nitrogens is 3. The van der Waals surface area contributed by atoms with Crippen molar-refractivity contribution in [1.82, 2.24) is 19.7 Å². The van der Waals surface area contributed by atoms with E-state index in [2.05, 4.69) is 10.3 Å². The van der Waals surface area contributed by atoms with Crippen molar-refractivity contribution in [3.63, 3.8) is 0 Å². The van der Waals surface area contributed by atoms with Crippen LogP contribution in [0.1, 0.15) is 75.5 Å². The van der Waals surface area contributed by atoms with E-state index in [0.717, 1.165) is 70.0 Å². The molecule has 11 heteroatoms. The van der Waals surface area contributed by atoms with E-state index in [1.807, 2.05) is 36.1 Å². The zero-order valence-corrected chi connectivity index (χ0v) is 25.8. The van der Waals surface area contributed by atoms with Gasteiger partial charge < -0.3 is 19.7 Å². The van der Waals surface area contributed by atoms with Gasteiger partial charge in [0.05, 0.1) is 5.57 Å². The quantitative estimate of drug-likeness (QED) is 0.221. The standard InChI is InChI=1S/C33H38FN5O4S/c1-22-29(31(41)43-26-11-4-2-5-12-26)30(23-14-16-25(17-15-23)42-20-28(40)38-18-8-3-9-19-38)39-32(35-22)36-33(37-39)44-21-24-10-6-7-13-27(24)34/h6-7,10,13-17,26,30H,2-5,8-9,11-12,18-21H2,1H3,(H,35,36,37). The number of rotatable bonds is 9. The second-order valence-corrected chi connectivity index (χ2v) is 12.5. The van der Waals surface area contributed by atoms with Gasteiger partial charge in [0.1, 0.15) is 23.7 Å². The molecule has 1 aromatic heterocycles. The predicted molar refractivity (Wildman–Crippen MR) is 166 cm³/mol. The van der Waals surface area contributed by atoms with E-state index in [9.17, 15) is 14.0 Å². The Bertz CT molecular complexity index is 1510. The number of hydrogen-bond acceptors (Lipinski definition) is 8. The van der Waals surface area contributed by atoms with Gasteiger partial charge in [0.25, 0.3) is 5.91 Å². The first-order valence-electron chi connectivity index (χ1n) is 15.5. The highest BCUT2D eigenvalue weighted by Crippen LogP contribution is 2.38. The number of carbonyl (C=O) groups excluding carboxylic acids is 2. The molecule has 1 atom stereocenters. The van der Waals surface area contributed by atoms with E-state index < -0.39 is 6.04 Å². The summed E-state index contributed by atoms with van der Waals surface area (Å²) in [6.45, 7) is 3.39. The fourth-order valence-electron chi connectivity index (χ4n) is 6.05.